The van der Waals surface area contributed by atoms with Crippen molar-refractivity contribution in [2.45, 2.75) is 0 Å². The molecule has 0 saturated carbocycles. The van der Waals surface area contributed by atoms with E-state index >= 15 is 0 Å². The van der Waals surface area contributed by atoms with Crippen molar-refractivity contribution in [2.75, 3.05) is 14.1 Å². The molecule has 0 saturated heterocycles. The Balaban J connectivity index is -0.00000000300. The summed E-state index contributed by atoms with van der Waals surface area (Å²) < 4.78 is 6.42. The fourth-order valence-electron chi connectivity index (χ4n) is 0. The summed E-state index contributed by atoms with van der Waals surface area (Å²) in [6.07, 6.45) is 0. The molecule has 0 spiro atoms. The Bertz CT molecular complexity index is 20.5. The highest BCUT2D eigenvalue weighted by Gasteiger charge is 1.25. The van der Waals surface area contributed by atoms with Gasteiger partial charge < -0.3 is 5.31 Å². The first-order valence-electron chi connectivity index (χ1n) is 1.34. The quantitative estimate of drug-likeness (QED) is 0.708. The van der Waals surface area contributed by atoms with Crippen LogP contribution in [0.5, 0.6) is 0 Å². The third kappa shape index (κ3) is 199. The zero-order valence-electron chi connectivity index (χ0n) is 5.90. The maximum absolute atomic E-state index is 6.42. The average Bonchev–Trinajstić information content (AvgIpc) is 0.811. The molecule has 9 heavy (non-hydrogen) atoms. The molecule has 0 aliphatic carbocycles. The van der Waals surface area contributed by atoms with E-state index in [1.54, 1.807) is 14.1 Å². The molecule has 0 unspecified atom stereocenters. The third-order valence-electron chi connectivity index (χ3n) is 0. The fourth-order valence-corrected chi connectivity index (χ4v) is 0. The normalized spacial score (nSPS) is 4.11. The minimum absolute atomic E-state index is 0. The van der Waals surface area contributed by atoms with Gasteiger partial charge in [0.2, 0.25) is 0 Å². The van der Waals surface area contributed by atoms with Gasteiger partial charge in [-0.15, -0.1) is 74.4 Å². The van der Waals surface area contributed by atoms with Crippen molar-refractivity contribution >= 4 is 74.4 Å². The number of halogens is 6. The average molecular weight is 265 g/mol. The summed E-state index contributed by atoms with van der Waals surface area (Å²) in [4.78, 5) is 0. The molecule has 1 N–H and O–H groups in total. The third-order valence-corrected chi connectivity index (χ3v) is 0. The van der Waals surface area contributed by atoms with Crippen molar-refractivity contribution in [2.24, 2.45) is 0 Å². The number of hydrogen-bond donors (Lipinski definition) is 1. The molecule has 0 amide bonds. The topological polar surface area (TPSA) is 12.0 Å². The molecule has 0 rings (SSSR count). The molecule has 0 aliphatic rings. The van der Waals surface area contributed by atoms with Gasteiger partial charge in [0.15, 0.2) is 0 Å². The molecule has 0 aromatic carbocycles. The van der Waals surface area contributed by atoms with Gasteiger partial charge in [-0.3, -0.25) is 0 Å². The standard InChI is InChI=1S/C2H7N.6ClH/c1-3-2;;;;;;/h3H,1-2H3;6*1H/i/hD. The number of hydrogen-bond acceptors (Lipinski definition) is 1. The van der Waals surface area contributed by atoms with Crippen LogP contribution in [-0.4, -0.2) is 14.1 Å². The van der Waals surface area contributed by atoms with Crippen LogP contribution < -0.4 is 5.31 Å². The minimum Gasteiger partial charge on any atom is -0.323 e. The molecule has 0 aromatic heterocycles. The van der Waals surface area contributed by atoms with Crippen LogP contribution in [0.15, 0.2) is 0 Å². The predicted molar refractivity (Wildman–Crippen MR) is 58.5 cm³/mol. The summed E-state index contributed by atoms with van der Waals surface area (Å²) in [6.45, 7) is 0. The summed E-state index contributed by atoms with van der Waals surface area (Å²) in [5.74, 6) is 0. The first-order valence-corrected chi connectivity index (χ1v) is 0.894. The van der Waals surface area contributed by atoms with Crippen molar-refractivity contribution in [1.82, 2.24) is 5.31 Å². The van der Waals surface area contributed by atoms with Crippen molar-refractivity contribution in [3.63, 3.8) is 0 Å². The highest BCUT2D eigenvalue weighted by Crippen LogP contribution is 0.981. The molecule has 0 radical (unpaired) electrons. The highest BCUT2D eigenvalue weighted by atomic mass is 35.5. The van der Waals surface area contributed by atoms with Gasteiger partial charge in [0.25, 0.3) is 0 Å². The molecule has 0 aromatic rings. The zero-order valence-corrected chi connectivity index (χ0v) is 9.80. The molecule has 0 heterocycles. The maximum atomic E-state index is 6.42. The number of nitrogens with one attached hydrogen (secondary N) is 1. The SMILES string of the molecule is Cl.Cl.Cl.Cl.Cl.Cl.[2H]N(C)C. The lowest BCUT2D eigenvalue weighted by molar-refractivity contribution is 1.02. The van der Waals surface area contributed by atoms with E-state index in [2.05, 4.69) is 0 Å². The molecule has 0 atom stereocenters. The van der Waals surface area contributed by atoms with Crippen LogP contribution in [0.3, 0.4) is 0 Å². The van der Waals surface area contributed by atoms with Crippen LogP contribution in [0.2, 0.25) is 1.41 Å². The highest BCUT2D eigenvalue weighted by molar-refractivity contribution is 5.86. The molecule has 0 bridgehead atoms. The van der Waals surface area contributed by atoms with E-state index in [0.717, 1.165) is 0 Å². The van der Waals surface area contributed by atoms with Crippen LogP contribution in [-0.2, 0) is 0 Å². The Labute approximate surface area is 95.0 Å². The fraction of sp³-hybridized carbons (Fsp3) is 1.00. The van der Waals surface area contributed by atoms with Crippen molar-refractivity contribution in [3.8, 4) is 0 Å². The Morgan fingerprint density at radius 3 is 0.778 bits per heavy atom. The van der Waals surface area contributed by atoms with Crippen molar-refractivity contribution in [1.29, 1.82) is 0 Å². The van der Waals surface area contributed by atoms with Gasteiger partial charge in [-0.2, -0.15) is 0 Å². The van der Waals surface area contributed by atoms with Crippen LogP contribution >= 0.6 is 74.4 Å². The Morgan fingerprint density at radius 2 is 0.778 bits per heavy atom. The lowest BCUT2D eigenvalue weighted by Gasteiger charge is -1.59. The maximum Gasteiger partial charge on any atom is 0.122 e. The van der Waals surface area contributed by atoms with Gasteiger partial charge >= 0.3 is 0 Å². The molecular weight excluding hydrogens is 251 g/mol. The van der Waals surface area contributed by atoms with Crippen LogP contribution in [0, 0.1) is 0 Å². The van der Waals surface area contributed by atoms with E-state index in [9.17, 15) is 0 Å². The molecular formula is C2H13Cl6N. The van der Waals surface area contributed by atoms with E-state index in [-0.39, 0.29) is 74.4 Å². The Morgan fingerprint density at radius 1 is 0.778 bits per heavy atom. The van der Waals surface area contributed by atoms with E-state index in [0.29, 0.717) is 0 Å². The summed E-state index contributed by atoms with van der Waals surface area (Å²) >= 11 is 0. The van der Waals surface area contributed by atoms with Gasteiger partial charge in [-0.05, 0) is 14.1 Å². The molecule has 0 aliphatic heterocycles. The smallest absolute Gasteiger partial charge is 0.122 e. The largest absolute Gasteiger partial charge is 0.323 e. The predicted octanol–water partition coefficient (Wildman–Crippen LogP) is 2.37. The second-order valence-corrected chi connectivity index (χ2v) is 0.447. The van der Waals surface area contributed by atoms with Crippen LogP contribution in [0.1, 0.15) is 0 Å². The van der Waals surface area contributed by atoms with Gasteiger partial charge in [-0.25, -0.2) is 0 Å². The van der Waals surface area contributed by atoms with E-state index in [4.69, 9.17) is 1.41 Å². The summed E-state index contributed by atoms with van der Waals surface area (Å²) in [7, 11) is 3.33. The van der Waals surface area contributed by atoms with E-state index < -0.39 is 0 Å². The number of rotatable bonds is 0. The van der Waals surface area contributed by atoms with Crippen molar-refractivity contribution in [3.05, 3.63) is 0 Å². The lowest BCUT2D eigenvalue weighted by atomic mass is 11.3. The monoisotopic (exact) mass is 262 g/mol. The molecule has 68 valence electrons. The van der Waals surface area contributed by atoms with Gasteiger partial charge in [0.05, 0.1) is 0 Å². The van der Waals surface area contributed by atoms with Crippen LogP contribution in [0.25, 0.3) is 0 Å². The molecule has 7 heteroatoms. The Hall–Kier alpha value is 1.70. The summed E-state index contributed by atoms with van der Waals surface area (Å²) in [6, 6.07) is 0. The van der Waals surface area contributed by atoms with Crippen molar-refractivity contribution < 1.29 is 1.41 Å². The second-order valence-electron chi connectivity index (χ2n) is 0.447. The van der Waals surface area contributed by atoms with Crippen LogP contribution in [0.4, 0.5) is 0 Å². The van der Waals surface area contributed by atoms with E-state index in [1.165, 1.54) is 5.31 Å². The lowest BCUT2D eigenvalue weighted by Crippen LogP contribution is -1.89. The van der Waals surface area contributed by atoms with Gasteiger partial charge in [0, 0.05) is 0 Å². The minimum atomic E-state index is 0. The second kappa shape index (κ2) is 101. The van der Waals surface area contributed by atoms with Gasteiger partial charge in [0.1, 0.15) is 1.41 Å². The molecule has 0 fully saturated rings. The summed E-state index contributed by atoms with van der Waals surface area (Å²) in [5.41, 5.74) is 0. The summed E-state index contributed by atoms with van der Waals surface area (Å²) in [5, 5.41) is 1.25. The Kier molecular flexibility index (Phi) is 510. The first kappa shape index (κ1) is 45.6. The van der Waals surface area contributed by atoms with Gasteiger partial charge in [-0.1, -0.05) is 0 Å². The molecule has 1 nitrogen and oxygen atoms in total. The zero-order chi connectivity index (χ0) is 3.58. The van der Waals surface area contributed by atoms with E-state index in [1.807, 2.05) is 0 Å². The first-order chi connectivity index (χ1) is 1.73.